The largest absolute Gasteiger partial charge is 0.383 e. The van der Waals surface area contributed by atoms with Crippen LogP contribution in [-0.4, -0.2) is 37.0 Å². The number of nitrogens with zero attached hydrogens (tertiary/aromatic N) is 2. The molecule has 1 heterocycles. The number of hydrogen-bond acceptors (Lipinski definition) is 5. The highest BCUT2D eigenvalue weighted by molar-refractivity contribution is 9.10. The summed E-state index contributed by atoms with van der Waals surface area (Å²) in [5.41, 5.74) is 0.482. The van der Waals surface area contributed by atoms with E-state index in [0.29, 0.717) is 17.2 Å². The summed E-state index contributed by atoms with van der Waals surface area (Å²) in [6.07, 6.45) is 0.775. The van der Waals surface area contributed by atoms with Gasteiger partial charge in [0.15, 0.2) is 5.01 Å². The number of halogens is 2. The Morgan fingerprint density at radius 1 is 1.35 bits per heavy atom. The highest BCUT2D eigenvalue weighted by atomic mass is 79.9. The van der Waals surface area contributed by atoms with Gasteiger partial charge in [-0.05, 0) is 18.2 Å². The highest BCUT2D eigenvalue weighted by Gasteiger charge is 2.11. The normalized spacial score (nSPS) is 10.9. The number of methoxy groups -OCH3 is 1. The molecule has 7 heteroatoms. The molecule has 0 aliphatic carbocycles. The van der Waals surface area contributed by atoms with E-state index in [1.54, 1.807) is 19.2 Å². The lowest BCUT2D eigenvalue weighted by Gasteiger charge is -2.01. The molecule has 1 aromatic carbocycles. The van der Waals surface area contributed by atoms with E-state index in [1.807, 2.05) is 0 Å². The van der Waals surface area contributed by atoms with E-state index in [0.717, 1.165) is 29.0 Å². The maximum atomic E-state index is 13.7. The molecule has 0 saturated carbocycles. The Morgan fingerprint density at radius 3 is 3.00 bits per heavy atom. The van der Waals surface area contributed by atoms with Gasteiger partial charge in [0.2, 0.25) is 0 Å². The standard InChI is InChI=1S/C13H15BrFN3OS/c1-19-7-6-16-5-4-12-17-18-13(20-12)10-8-9(14)2-3-11(10)15/h2-3,8,16H,4-7H2,1H3. The second kappa shape index (κ2) is 7.78. The fourth-order valence-electron chi connectivity index (χ4n) is 1.62. The van der Waals surface area contributed by atoms with Crippen molar-refractivity contribution in [3.8, 4) is 10.6 Å². The number of benzene rings is 1. The second-order valence-electron chi connectivity index (χ2n) is 4.12. The molecule has 0 spiro atoms. The average molecular weight is 360 g/mol. The van der Waals surface area contributed by atoms with E-state index >= 15 is 0 Å². The van der Waals surface area contributed by atoms with Crippen LogP contribution in [0.5, 0.6) is 0 Å². The lowest BCUT2D eigenvalue weighted by Crippen LogP contribution is -2.21. The molecular formula is C13H15BrFN3OS. The van der Waals surface area contributed by atoms with Crippen LogP contribution >= 0.6 is 27.3 Å². The van der Waals surface area contributed by atoms with Crippen molar-refractivity contribution in [2.45, 2.75) is 6.42 Å². The monoisotopic (exact) mass is 359 g/mol. The van der Waals surface area contributed by atoms with Gasteiger partial charge in [-0.15, -0.1) is 10.2 Å². The predicted octanol–water partition coefficient (Wildman–Crippen LogP) is 2.89. The van der Waals surface area contributed by atoms with Crippen molar-refractivity contribution in [1.29, 1.82) is 0 Å². The first-order valence-corrected chi connectivity index (χ1v) is 7.79. The van der Waals surface area contributed by atoms with Crippen molar-refractivity contribution in [1.82, 2.24) is 15.5 Å². The molecule has 20 heavy (non-hydrogen) atoms. The van der Waals surface area contributed by atoms with Crippen molar-refractivity contribution in [2.24, 2.45) is 0 Å². The van der Waals surface area contributed by atoms with Crippen molar-refractivity contribution in [3.05, 3.63) is 33.5 Å². The Kier molecular flexibility index (Phi) is 6.03. The summed E-state index contributed by atoms with van der Waals surface area (Å²) in [5.74, 6) is -0.283. The predicted molar refractivity (Wildman–Crippen MR) is 81.5 cm³/mol. The molecule has 0 bridgehead atoms. The highest BCUT2D eigenvalue weighted by Crippen LogP contribution is 2.28. The van der Waals surface area contributed by atoms with Gasteiger partial charge >= 0.3 is 0 Å². The molecule has 0 aliphatic heterocycles. The van der Waals surface area contributed by atoms with E-state index in [4.69, 9.17) is 4.74 Å². The summed E-state index contributed by atoms with van der Waals surface area (Å²) in [5, 5.41) is 12.9. The summed E-state index contributed by atoms with van der Waals surface area (Å²) in [6.45, 7) is 2.30. The van der Waals surface area contributed by atoms with E-state index in [2.05, 4.69) is 31.4 Å². The summed E-state index contributed by atoms with van der Waals surface area (Å²) in [7, 11) is 1.67. The molecule has 0 fully saturated rings. The molecule has 0 aliphatic rings. The second-order valence-corrected chi connectivity index (χ2v) is 6.10. The molecular weight excluding hydrogens is 345 g/mol. The first-order chi connectivity index (χ1) is 9.70. The topological polar surface area (TPSA) is 47.0 Å². The van der Waals surface area contributed by atoms with Crippen LogP contribution in [-0.2, 0) is 11.2 Å². The van der Waals surface area contributed by atoms with Crippen molar-refractivity contribution in [3.63, 3.8) is 0 Å². The van der Waals surface area contributed by atoms with Crippen LogP contribution in [0.15, 0.2) is 22.7 Å². The van der Waals surface area contributed by atoms with E-state index in [-0.39, 0.29) is 5.82 Å². The number of hydrogen-bond donors (Lipinski definition) is 1. The van der Waals surface area contributed by atoms with Gasteiger partial charge in [-0.2, -0.15) is 0 Å². The number of nitrogens with one attached hydrogen (secondary N) is 1. The Morgan fingerprint density at radius 2 is 2.20 bits per heavy atom. The summed E-state index contributed by atoms with van der Waals surface area (Å²) in [6, 6.07) is 4.81. The lowest BCUT2D eigenvalue weighted by molar-refractivity contribution is 0.199. The van der Waals surface area contributed by atoms with Crippen LogP contribution in [0.1, 0.15) is 5.01 Å². The minimum absolute atomic E-state index is 0.283. The Labute approximate surface area is 129 Å². The molecule has 0 unspecified atom stereocenters. The van der Waals surface area contributed by atoms with Gasteiger partial charge in [0.25, 0.3) is 0 Å². The van der Waals surface area contributed by atoms with Crippen LogP contribution in [0.3, 0.4) is 0 Å². The third-order valence-corrected chi connectivity index (χ3v) is 4.13. The van der Waals surface area contributed by atoms with Crippen molar-refractivity contribution < 1.29 is 9.13 Å². The average Bonchev–Trinajstić information content (AvgIpc) is 2.90. The van der Waals surface area contributed by atoms with Gasteiger partial charge in [0.05, 0.1) is 6.61 Å². The van der Waals surface area contributed by atoms with E-state index in [1.165, 1.54) is 17.4 Å². The zero-order valence-electron chi connectivity index (χ0n) is 11.0. The molecule has 0 radical (unpaired) electrons. The summed E-state index contributed by atoms with van der Waals surface area (Å²) in [4.78, 5) is 0. The molecule has 0 saturated heterocycles. The zero-order chi connectivity index (χ0) is 14.4. The van der Waals surface area contributed by atoms with Crippen molar-refractivity contribution >= 4 is 27.3 Å². The molecule has 4 nitrogen and oxygen atoms in total. The first kappa shape index (κ1) is 15.5. The number of aromatic nitrogens is 2. The third-order valence-electron chi connectivity index (χ3n) is 2.62. The van der Waals surface area contributed by atoms with Gasteiger partial charge in [-0.25, -0.2) is 4.39 Å². The smallest absolute Gasteiger partial charge is 0.150 e. The molecule has 1 N–H and O–H groups in total. The fraction of sp³-hybridized carbons (Fsp3) is 0.385. The Hall–Kier alpha value is -0.890. The summed E-state index contributed by atoms with van der Waals surface area (Å²) >= 11 is 4.75. The van der Waals surface area contributed by atoms with Gasteiger partial charge in [-0.1, -0.05) is 27.3 Å². The Bertz CT molecular complexity index is 564. The zero-order valence-corrected chi connectivity index (χ0v) is 13.4. The van der Waals surface area contributed by atoms with Gasteiger partial charge in [0, 0.05) is 36.7 Å². The summed E-state index contributed by atoms with van der Waals surface area (Å²) < 4.78 is 19.5. The molecule has 0 atom stereocenters. The number of ether oxygens (including phenoxy) is 1. The van der Waals surface area contributed by atoms with E-state index < -0.39 is 0 Å². The van der Waals surface area contributed by atoms with Gasteiger partial charge < -0.3 is 10.1 Å². The SMILES string of the molecule is COCCNCCc1nnc(-c2cc(Br)ccc2F)s1. The maximum Gasteiger partial charge on any atom is 0.150 e. The fourth-order valence-corrected chi connectivity index (χ4v) is 2.84. The molecule has 2 aromatic rings. The maximum absolute atomic E-state index is 13.7. The third kappa shape index (κ3) is 4.31. The van der Waals surface area contributed by atoms with Gasteiger partial charge in [0.1, 0.15) is 10.8 Å². The first-order valence-electron chi connectivity index (χ1n) is 6.18. The molecule has 0 amide bonds. The van der Waals surface area contributed by atoms with Crippen LogP contribution in [0.25, 0.3) is 10.6 Å². The van der Waals surface area contributed by atoms with Crippen LogP contribution in [0.4, 0.5) is 4.39 Å². The van der Waals surface area contributed by atoms with Crippen molar-refractivity contribution in [2.75, 3.05) is 26.8 Å². The van der Waals surface area contributed by atoms with Crippen LogP contribution in [0, 0.1) is 5.82 Å². The minimum atomic E-state index is -0.283. The van der Waals surface area contributed by atoms with Gasteiger partial charge in [-0.3, -0.25) is 0 Å². The minimum Gasteiger partial charge on any atom is -0.383 e. The van der Waals surface area contributed by atoms with E-state index in [9.17, 15) is 4.39 Å². The molecule has 2 rings (SSSR count). The van der Waals surface area contributed by atoms with Crippen LogP contribution < -0.4 is 5.32 Å². The Balaban J connectivity index is 1.96. The number of rotatable bonds is 7. The lowest BCUT2D eigenvalue weighted by atomic mass is 10.2. The molecule has 1 aromatic heterocycles. The molecule has 108 valence electrons. The quantitative estimate of drug-likeness (QED) is 0.772. The van der Waals surface area contributed by atoms with Crippen LogP contribution in [0.2, 0.25) is 0 Å².